The zero-order chi connectivity index (χ0) is 20.1. The van der Waals surface area contributed by atoms with Crippen LogP contribution in [-0.2, 0) is 12.7 Å². The van der Waals surface area contributed by atoms with Crippen LogP contribution in [0, 0.1) is 0 Å². The average Bonchev–Trinajstić information content (AvgIpc) is 3.19. The van der Waals surface area contributed by atoms with Crippen molar-refractivity contribution in [3.63, 3.8) is 0 Å². The van der Waals surface area contributed by atoms with Gasteiger partial charge in [-0.2, -0.15) is 13.2 Å². The van der Waals surface area contributed by atoms with Crippen molar-refractivity contribution in [1.29, 1.82) is 0 Å². The number of benzene rings is 1. The minimum absolute atomic E-state index is 0.00451. The van der Waals surface area contributed by atoms with Crippen LogP contribution in [0.25, 0.3) is 0 Å². The first-order valence-electron chi connectivity index (χ1n) is 8.09. The number of hydrogen-bond acceptors (Lipinski definition) is 4. The number of aromatic nitrogens is 1. The van der Waals surface area contributed by atoms with Gasteiger partial charge in [0.1, 0.15) is 11.5 Å². The second-order valence-corrected chi connectivity index (χ2v) is 5.69. The van der Waals surface area contributed by atoms with Gasteiger partial charge in [-0.25, -0.2) is 0 Å². The van der Waals surface area contributed by atoms with E-state index in [9.17, 15) is 22.8 Å². The Hall–Kier alpha value is -3.62. The Morgan fingerprint density at radius 1 is 1.04 bits per heavy atom. The molecular weight excluding hydrogens is 375 g/mol. The van der Waals surface area contributed by atoms with Crippen LogP contribution in [-0.4, -0.2) is 16.8 Å². The quantitative estimate of drug-likeness (QED) is 0.694. The molecule has 1 aromatic carbocycles. The van der Waals surface area contributed by atoms with Crippen LogP contribution in [0.1, 0.15) is 32.2 Å². The van der Waals surface area contributed by atoms with Gasteiger partial charge in [-0.05, 0) is 36.4 Å². The highest BCUT2D eigenvalue weighted by Crippen LogP contribution is 2.34. The zero-order valence-corrected chi connectivity index (χ0v) is 14.3. The minimum Gasteiger partial charge on any atom is -0.467 e. The fourth-order valence-corrected chi connectivity index (χ4v) is 2.40. The molecule has 3 rings (SSSR count). The maximum Gasteiger partial charge on any atom is 0.418 e. The van der Waals surface area contributed by atoms with Gasteiger partial charge in [0.05, 0.1) is 24.1 Å². The molecule has 9 heteroatoms. The van der Waals surface area contributed by atoms with Crippen molar-refractivity contribution in [2.24, 2.45) is 0 Å². The van der Waals surface area contributed by atoms with E-state index in [4.69, 9.17) is 4.42 Å². The molecule has 2 aromatic heterocycles. The fourth-order valence-electron chi connectivity index (χ4n) is 2.40. The number of para-hydroxylation sites is 1. The van der Waals surface area contributed by atoms with E-state index in [1.165, 1.54) is 36.7 Å². The second-order valence-electron chi connectivity index (χ2n) is 5.69. The van der Waals surface area contributed by atoms with E-state index in [-0.39, 0.29) is 23.5 Å². The summed E-state index contributed by atoms with van der Waals surface area (Å²) in [5.41, 5.74) is -1.40. The summed E-state index contributed by atoms with van der Waals surface area (Å²) in [5.74, 6) is -0.813. The van der Waals surface area contributed by atoms with Gasteiger partial charge in [0.2, 0.25) is 0 Å². The van der Waals surface area contributed by atoms with Crippen LogP contribution in [0.3, 0.4) is 0 Å². The number of nitrogens with one attached hydrogen (secondary N) is 2. The second kappa shape index (κ2) is 7.95. The van der Waals surface area contributed by atoms with Crippen molar-refractivity contribution in [2.45, 2.75) is 12.7 Å². The number of pyridine rings is 1. The molecule has 0 aliphatic rings. The van der Waals surface area contributed by atoms with Gasteiger partial charge in [0.25, 0.3) is 11.8 Å². The van der Waals surface area contributed by atoms with E-state index in [1.54, 1.807) is 12.1 Å². The van der Waals surface area contributed by atoms with Crippen molar-refractivity contribution < 1.29 is 27.2 Å². The predicted octanol–water partition coefficient (Wildman–Crippen LogP) is 3.88. The zero-order valence-electron chi connectivity index (χ0n) is 14.3. The molecule has 2 heterocycles. The molecule has 6 nitrogen and oxygen atoms in total. The van der Waals surface area contributed by atoms with Crippen molar-refractivity contribution in [2.75, 3.05) is 5.32 Å². The lowest BCUT2D eigenvalue weighted by molar-refractivity contribution is -0.136. The summed E-state index contributed by atoms with van der Waals surface area (Å²) >= 11 is 0. The molecule has 0 bridgehead atoms. The fraction of sp³-hybridized carbons (Fsp3) is 0.105. The first-order valence-corrected chi connectivity index (χ1v) is 8.09. The number of halogens is 3. The molecule has 2 amide bonds. The Balaban J connectivity index is 1.73. The summed E-state index contributed by atoms with van der Waals surface area (Å²) in [5, 5.41) is 4.79. The molecule has 0 aliphatic heterocycles. The van der Waals surface area contributed by atoms with Gasteiger partial charge in [-0.15, -0.1) is 0 Å². The van der Waals surface area contributed by atoms with Gasteiger partial charge in [-0.1, -0.05) is 12.1 Å². The van der Waals surface area contributed by atoms with Crippen LogP contribution in [0.4, 0.5) is 18.9 Å². The predicted molar refractivity (Wildman–Crippen MR) is 93.5 cm³/mol. The summed E-state index contributed by atoms with van der Waals surface area (Å²) in [6, 6.07) is 10.5. The Labute approximate surface area is 157 Å². The molecule has 0 radical (unpaired) electrons. The number of carbonyl (C=O) groups is 2. The van der Waals surface area contributed by atoms with E-state index in [0.29, 0.717) is 5.76 Å². The number of carbonyl (C=O) groups excluding carboxylic acids is 2. The van der Waals surface area contributed by atoms with E-state index in [0.717, 1.165) is 12.1 Å². The van der Waals surface area contributed by atoms with Crippen LogP contribution in [0.2, 0.25) is 0 Å². The molecule has 0 fully saturated rings. The summed E-state index contributed by atoms with van der Waals surface area (Å²) < 4.78 is 44.2. The Morgan fingerprint density at radius 3 is 2.54 bits per heavy atom. The summed E-state index contributed by atoms with van der Waals surface area (Å²) in [7, 11) is 0. The van der Waals surface area contributed by atoms with Crippen molar-refractivity contribution in [3.05, 3.63) is 83.6 Å². The lowest BCUT2D eigenvalue weighted by Gasteiger charge is -2.13. The Bertz CT molecular complexity index is 985. The Morgan fingerprint density at radius 2 is 1.82 bits per heavy atom. The van der Waals surface area contributed by atoms with Gasteiger partial charge in [0.15, 0.2) is 0 Å². The molecule has 0 aliphatic carbocycles. The average molecular weight is 389 g/mol. The first kappa shape index (κ1) is 19.2. The van der Waals surface area contributed by atoms with Crippen LogP contribution < -0.4 is 10.6 Å². The number of hydrogen-bond donors (Lipinski definition) is 2. The maximum absolute atomic E-state index is 13.1. The van der Waals surface area contributed by atoms with E-state index >= 15 is 0 Å². The number of anilines is 1. The summed E-state index contributed by atoms with van der Waals surface area (Å²) in [4.78, 5) is 28.4. The molecule has 0 saturated carbocycles. The molecule has 0 saturated heterocycles. The van der Waals surface area contributed by atoms with Crippen molar-refractivity contribution in [1.82, 2.24) is 10.3 Å². The molecule has 0 spiro atoms. The van der Waals surface area contributed by atoms with Crippen LogP contribution in [0.15, 0.2) is 65.4 Å². The summed E-state index contributed by atoms with van der Waals surface area (Å²) in [6.07, 6.45) is -1.92. The lowest BCUT2D eigenvalue weighted by atomic mass is 10.1. The third kappa shape index (κ3) is 4.56. The normalized spacial score (nSPS) is 11.1. The molecular formula is C19H14F3N3O3. The molecule has 2 N–H and O–H groups in total. The molecule has 3 aromatic rings. The van der Waals surface area contributed by atoms with Gasteiger partial charge in [-0.3, -0.25) is 14.6 Å². The lowest BCUT2D eigenvalue weighted by Crippen LogP contribution is -2.24. The molecule has 144 valence electrons. The number of amides is 2. The maximum atomic E-state index is 13.1. The van der Waals surface area contributed by atoms with Gasteiger partial charge in [0, 0.05) is 11.8 Å². The van der Waals surface area contributed by atoms with E-state index in [2.05, 4.69) is 15.6 Å². The minimum atomic E-state index is -4.61. The Kier molecular flexibility index (Phi) is 5.44. The van der Waals surface area contributed by atoms with Gasteiger partial charge >= 0.3 is 6.18 Å². The molecule has 0 unspecified atom stereocenters. The van der Waals surface area contributed by atoms with E-state index < -0.39 is 23.6 Å². The highest BCUT2D eigenvalue weighted by atomic mass is 19.4. The molecule has 28 heavy (non-hydrogen) atoms. The molecule has 0 atom stereocenters. The number of rotatable bonds is 5. The number of nitrogens with zero attached hydrogens (tertiary/aromatic N) is 1. The topological polar surface area (TPSA) is 84.2 Å². The summed E-state index contributed by atoms with van der Waals surface area (Å²) in [6.45, 7) is 0.128. The van der Waals surface area contributed by atoms with Gasteiger partial charge < -0.3 is 15.1 Å². The SMILES string of the molecule is O=C(Nc1ccccc1C(F)(F)F)c1ccnc(C(=O)NCc2ccco2)c1. The number of furan rings is 1. The van der Waals surface area contributed by atoms with Crippen LogP contribution in [0.5, 0.6) is 0 Å². The monoisotopic (exact) mass is 389 g/mol. The highest BCUT2D eigenvalue weighted by Gasteiger charge is 2.33. The van der Waals surface area contributed by atoms with Crippen molar-refractivity contribution in [3.8, 4) is 0 Å². The first-order chi connectivity index (χ1) is 13.3. The van der Waals surface area contributed by atoms with Crippen LogP contribution >= 0.6 is 0 Å². The van der Waals surface area contributed by atoms with E-state index in [1.807, 2.05) is 0 Å². The smallest absolute Gasteiger partial charge is 0.418 e. The highest BCUT2D eigenvalue weighted by molar-refractivity contribution is 6.06. The van der Waals surface area contributed by atoms with Crippen molar-refractivity contribution >= 4 is 17.5 Å². The largest absolute Gasteiger partial charge is 0.467 e. The number of alkyl halides is 3. The standard InChI is InChI=1S/C19H14F3N3O3/c20-19(21,22)14-5-1-2-6-15(14)25-17(26)12-7-8-23-16(10-12)18(27)24-11-13-4-3-9-28-13/h1-10H,11H2,(H,24,27)(H,25,26). The third-order valence-corrected chi connectivity index (χ3v) is 3.74. The third-order valence-electron chi connectivity index (χ3n) is 3.74.